The van der Waals surface area contributed by atoms with Crippen LogP contribution < -0.4 is 15.5 Å². The SMILES string of the molecule is CN[C@@H](C)C(=O)C[C@H](C(=O)N1c2ccccc2C[C@H]1C(=O)NCc1ccccc1)c1ccccc1. The molecule has 0 saturated heterocycles. The molecule has 3 aromatic carbocycles. The average Bonchev–Trinajstić information content (AvgIpc) is 3.30. The predicted octanol–water partition coefficient (Wildman–Crippen LogP) is 3.61. The van der Waals surface area contributed by atoms with E-state index >= 15 is 0 Å². The Morgan fingerprint density at radius 3 is 2.23 bits per heavy atom. The molecule has 35 heavy (non-hydrogen) atoms. The zero-order chi connectivity index (χ0) is 24.8. The minimum atomic E-state index is -0.685. The van der Waals surface area contributed by atoms with Gasteiger partial charge in [-0.05, 0) is 36.7 Å². The summed E-state index contributed by atoms with van der Waals surface area (Å²) in [7, 11) is 1.73. The van der Waals surface area contributed by atoms with E-state index in [4.69, 9.17) is 0 Å². The minimum absolute atomic E-state index is 0.0488. The lowest BCUT2D eigenvalue weighted by Crippen LogP contribution is -2.49. The molecule has 2 amide bonds. The van der Waals surface area contributed by atoms with Crippen molar-refractivity contribution in [3.63, 3.8) is 0 Å². The van der Waals surface area contributed by atoms with E-state index < -0.39 is 12.0 Å². The van der Waals surface area contributed by atoms with Gasteiger partial charge in [-0.2, -0.15) is 0 Å². The van der Waals surface area contributed by atoms with Crippen LogP contribution >= 0.6 is 0 Å². The molecule has 1 aliphatic heterocycles. The van der Waals surface area contributed by atoms with E-state index in [1.807, 2.05) is 84.9 Å². The van der Waals surface area contributed by atoms with Gasteiger partial charge in [-0.1, -0.05) is 78.9 Å². The lowest BCUT2D eigenvalue weighted by atomic mass is 9.90. The molecular weight excluding hydrogens is 438 g/mol. The summed E-state index contributed by atoms with van der Waals surface area (Å²) in [6.45, 7) is 2.18. The van der Waals surface area contributed by atoms with Crippen molar-refractivity contribution in [1.29, 1.82) is 0 Å². The molecule has 0 radical (unpaired) electrons. The zero-order valence-electron chi connectivity index (χ0n) is 20.1. The molecule has 1 heterocycles. The van der Waals surface area contributed by atoms with Crippen molar-refractivity contribution < 1.29 is 14.4 Å². The van der Waals surface area contributed by atoms with Crippen LogP contribution in [0.5, 0.6) is 0 Å². The maximum absolute atomic E-state index is 14.1. The van der Waals surface area contributed by atoms with E-state index in [-0.39, 0.29) is 30.1 Å². The standard InChI is InChI=1S/C29H31N3O3/c1-20(30-2)27(33)18-24(22-13-7-4-8-14-22)29(35)32-25-16-10-9-15-23(25)17-26(32)28(34)31-19-21-11-5-3-6-12-21/h3-16,20,24,26,30H,17-19H2,1-2H3,(H,31,34)/t20-,24-,26-/m0/s1. The molecule has 0 aromatic heterocycles. The van der Waals surface area contributed by atoms with Crippen molar-refractivity contribution in [2.45, 2.75) is 44.3 Å². The number of ketones is 1. The summed E-state index contributed by atoms with van der Waals surface area (Å²) in [5.74, 6) is -1.18. The Bertz CT molecular complexity index is 1180. The fraction of sp³-hybridized carbons (Fsp3) is 0.276. The molecule has 6 nitrogen and oxygen atoms in total. The van der Waals surface area contributed by atoms with Crippen LogP contribution in [-0.4, -0.2) is 36.7 Å². The maximum Gasteiger partial charge on any atom is 0.243 e. The van der Waals surface area contributed by atoms with Crippen LogP contribution in [0, 0.1) is 0 Å². The van der Waals surface area contributed by atoms with E-state index in [1.165, 1.54) is 0 Å². The van der Waals surface area contributed by atoms with Crippen molar-refractivity contribution >= 4 is 23.3 Å². The number of hydrogen-bond donors (Lipinski definition) is 2. The number of fused-ring (bicyclic) bond motifs is 1. The summed E-state index contributed by atoms with van der Waals surface area (Å²) in [5.41, 5.74) is 3.43. The van der Waals surface area contributed by atoms with E-state index in [9.17, 15) is 14.4 Å². The Labute approximate surface area is 206 Å². The van der Waals surface area contributed by atoms with E-state index in [1.54, 1.807) is 18.9 Å². The molecule has 0 fully saturated rings. The van der Waals surface area contributed by atoms with Crippen molar-refractivity contribution in [1.82, 2.24) is 10.6 Å². The number of nitrogens with one attached hydrogen (secondary N) is 2. The lowest BCUT2D eigenvalue weighted by molar-refractivity contribution is -0.128. The number of carbonyl (C=O) groups is 3. The van der Waals surface area contributed by atoms with Crippen LogP contribution in [0.4, 0.5) is 5.69 Å². The van der Waals surface area contributed by atoms with Gasteiger partial charge in [0.2, 0.25) is 11.8 Å². The highest BCUT2D eigenvalue weighted by molar-refractivity contribution is 6.07. The van der Waals surface area contributed by atoms with E-state index in [0.29, 0.717) is 13.0 Å². The largest absolute Gasteiger partial charge is 0.350 e. The van der Waals surface area contributed by atoms with Gasteiger partial charge in [0.05, 0.1) is 12.0 Å². The zero-order valence-corrected chi connectivity index (χ0v) is 20.1. The molecule has 0 spiro atoms. The first-order chi connectivity index (χ1) is 17.0. The molecule has 4 rings (SSSR count). The number of likely N-dealkylation sites (N-methyl/N-ethyl adjacent to an activating group) is 1. The summed E-state index contributed by atoms with van der Waals surface area (Å²) in [4.78, 5) is 42.0. The fourth-order valence-electron chi connectivity index (χ4n) is 4.51. The Hall–Kier alpha value is -3.77. The number of nitrogens with zero attached hydrogens (tertiary/aromatic N) is 1. The van der Waals surface area contributed by atoms with Gasteiger partial charge >= 0.3 is 0 Å². The van der Waals surface area contributed by atoms with Gasteiger partial charge in [-0.15, -0.1) is 0 Å². The second-order valence-electron chi connectivity index (χ2n) is 8.90. The Morgan fingerprint density at radius 1 is 0.914 bits per heavy atom. The van der Waals surface area contributed by atoms with Crippen LogP contribution in [0.25, 0.3) is 0 Å². The third kappa shape index (κ3) is 5.49. The topological polar surface area (TPSA) is 78.5 Å². The Balaban J connectivity index is 1.64. The summed E-state index contributed by atoms with van der Waals surface area (Å²) in [5, 5.41) is 5.96. The van der Waals surface area contributed by atoms with Crippen molar-refractivity contribution in [3.8, 4) is 0 Å². The van der Waals surface area contributed by atoms with Gasteiger partial charge in [0.15, 0.2) is 5.78 Å². The number of para-hydroxylation sites is 1. The predicted molar refractivity (Wildman–Crippen MR) is 137 cm³/mol. The van der Waals surface area contributed by atoms with Gasteiger partial charge in [0.1, 0.15) is 6.04 Å². The highest BCUT2D eigenvalue weighted by atomic mass is 16.2. The minimum Gasteiger partial charge on any atom is -0.350 e. The summed E-state index contributed by atoms with van der Waals surface area (Å²) < 4.78 is 0. The number of benzene rings is 3. The number of hydrogen-bond acceptors (Lipinski definition) is 4. The van der Waals surface area contributed by atoms with Crippen LogP contribution in [0.3, 0.4) is 0 Å². The van der Waals surface area contributed by atoms with Crippen molar-refractivity contribution in [2.24, 2.45) is 0 Å². The molecule has 0 saturated carbocycles. The maximum atomic E-state index is 14.1. The third-order valence-electron chi connectivity index (χ3n) is 6.65. The lowest BCUT2D eigenvalue weighted by Gasteiger charge is -2.29. The van der Waals surface area contributed by atoms with Gasteiger partial charge in [0.25, 0.3) is 0 Å². The fourth-order valence-corrected chi connectivity index (χ4v) is 4.51. The Morgan fingerprint density at radius 2 is 1.54 bits per heavy atom. The molecule has 3 atom stereocenters. The van der Waals surface area contributed by atoms with E-state index in [2.05, 4.69) is 10.6 Å². The highest BCUT2D eigenvalue weighted by Gasteiger charge is 2.41. The molecule has 0 bridgehead atoms. The second-order valence-corrected chi connectivity index (χ2v) is 8.90. The van der Waals surface area contributed by atoms with Crippen molar-refractivity contribution in [3.05, 3.63) is 102 Å². The van der Waals surface area contributed by atoms with Gasteiger partial charge < -0.3 is 10.6 Å². The Kier molecular flexibility index (Phi) is 7.73. The van der Waals surface area contributed by atoms with Crippen LogP contribution in [0.2, 0.25) is 0 Å². The number of carbonyl (C=O) groups excluding carboxylic acids is 3. The molecule has 6 heteroatoms. The normalized spacial score (nSPS) is 16.3. The first-order valence-corrected chi connectivity index (χ1v) is 12.0. The summed E-state index contributed by atoms with van der Waals surface area (Å²) >= 11 is 0. The van der Waals surface area contributed by atoms with Gasteiger partial charge in [-0.3, -0.25) is 19.3 Å². The smallest absolute Gasteiger partial charge is 0.243 e. The first-order valence-electron chi connectivity index (χ1n) is 12.0. The number of anilines is 1. The second kappa shape index (κ2) is 11.1. The first kappa shape index (κ1) is 24.4. The molecule has 180 valence electrons. The summed E-state index contributed by atoms with van der Waals surface area (Å²) in [6, 6.07) is 25.6. The molecule has 0 unspecified atom stereocenters. The molecule has 1 aliphatic rings. The van der Waals surface area contributed by atoms with Crippen LogP contribution in [0.1, 0.15) is 36.0 Å². The van der Waals surface area contributed by atoms with Gasteiger partial charge in [0, 0.05) is 25.1 Å². The molecule has 2 N–H and O–H groups in total. The van der Waals surface area contributed by atoms with Crippen LogP contribution in [0.15, 0.2) is 84.9 Å². The summed E-state index contributed by atoms with van der Waals surface area (Å²) in [6.07, 6.45) is 0.493. The average molecular weight is 470 g/mol. The third-order valence-corrected chi connectivity index (χ3v) is 6.65. The highest BCUT2D eigenvalue weighted by Crippen LogP contribution is 2.36. The molecular formula is C29H31N3O3. The monoisotopic (exact) mass is 469 g/mol. The number of amides is 2. The van der Waals surface area contributed by atoms with Crippen LogP contribution in [-0.2, 0) is 27.3 Å². The van der Waals surface area contributed by atoms with E-state index in [0.717, 1.165) is 22.4 Å². The molecule has 0 aliphatic carbocycles. The van der Waals surface area contributed by atoms with Crippen molar-refractivity contribution in [2.75, 3.05) is 11.9 Å². The van der Waals surface area contributed by atoms with Gasteiger partial charge in [-0.25, -0.2) is 0 Å². The molecule has 3 aromatic rings. The quantitative estimate of drug-likeness (QED) is 0.502. The number of rotatable bonds is 9. The number of Topliss-reactive ketones (excluding diaryl/α,β-unsaturated/α-hetero) is 1.